The molecule has 134 valence electrons. The van der Waals surface area contributed by atoms with Crippen molar-refractivity contribution in [2.75, 3.05) is 5.32 Å². The number of nitrogens with one attached hydrogen (secondary N) is 2. The van der Waals surface area contributed by atoms with Gasteiger partial charge in [0.15, 0.2) is 0 Å². The molecule has 2 N–H and O–H groups in total. The molecule has 2 aromatic rings. The number of hydrogen-bond acceptors (Lipinski definition) is 4. The van der Waals surface area contributed by atoms with Crippen molar-refractivity contribution >= 4 is 21.6 Å². The summed E-state index contributed by atoms with van der Waals surface area (Å²) >= 11 is 0. The number of carbonyl (C=O) groups is 1. The summed E-state index contributed by atoms with van der Waals surface area (Å²) in [5.41, 5.74) is -0.328. The molecule has 0 radical (unpaired) electrons. The van der Waals surface area contributed by atoms with Gasteiger partial charge in [0.2, 0.25) is 15.9 Å². The highest BCUT2D eigenvalue weighted by Gasteiger charge is 2.46. The van der Waals surface area contributed by atoms with Crippen molar-refractivity contribution in [1.29, 1.82) is 0 Å². The minimum atomic E-state index is -3.74. The van der Waals surface area contributed by atoms with Crippen molar-refractivity contribution in [3.05, 3.63) is 48.4 Å². The summed E-state index contributed by atoms with van der Waals surface area (Å²) < 4.78 is 33.2. The number of furan rings is 1. The van der Waals surface area contributed by atoms with E-state index in [1.54, 1.807) is 51.3 Å². The Kier molecular flexibility index (Phi) is 4.47. The molecule has 1 saturated carbocycles. The lowest BCUT2D eigenvalue weighted by Gasteiger charge is -2.21. The molecule has 1 aliphatic rings. The van der Waals surface area contributed by atoms with Crippen LogP contribution in [0.5, 0.6) is 0 Å². The smallest absolute Gasteiger partial charge is 0.243 e. The van der Waals surface area contributed by atoms with Gasteiger partial charge in [-0.25, -0.2) is 13.1 Å². The monoisotopic (exact) mass is 362 g/mol. The van der Waals surface area contributed by atoms with Crippen LogP contribution >= 0.6 is 0 Å². The molecule has 1 heterocycles. The number of anilines is 1. The third kappa shape index (κ3) is 4.11. The normalized spacial score (nSPS) is 20.3. The second-order valence-electron chi connectivity index (χ2n) is 7.31. The number of sulfonamides is 1. The number of hydrogen-bond donors (Lipinski definition) is 2. The second-order valence-corrected chi connectivity index (χ2v) is 8.96. The summed E-state index contributed by atoms with van der Waals surface area (Å²) in [6, 6.07) is 10.1. The fourth-order valence-corrected chi connectivity index (χ4v) is 4.37. The summed E-state index contributed by atoms with van der Waals surface area (Å²) in [5.74, 6) is 0.458. The predicted molar refractivity (Wildman–Crippen MR) is 94.7 cm³/mol. The van der Waals surface area contributed by atoms with Gasteiger partial charge in [-0.05, 0) is 51.5 Å². The predicted octanol–water partition coefficient (Wildman–Crippen LogP) is 3.10. The fraction of sp³-hybridized carbons (Fsp3) is 0.389. The van der Waals surface area contributed by atoms with E-state index in [4.69, 9.17) is 4.42 Å². The zero-order valence-corrected chi connectivity index (χ0v) is 15.3. The van der Waals surface area contributed by atoms with E-state index < -0.39 is 15.6 Å². The summed E-state index contributed by atoms with van der Waals surface area (Å²) in [6.07, 6.45) is 2.29. The summed E-state index contributed by atoms with van der Waals surface area (Å²) in [7, 11) is -3.74. The molecule has 0 bridgehead atoms. The summed E-state index contributed by atoms with van der Waals surface area (Å²) in [4.78, 5) is 12.5. The number of amides is 1. The molecule has 1 fully saturated rings. The van der Waals surface area contributed by atoms with Crippen LogP contribution in [0.15, 0.2) is 52.0 Å². The van der Waals surface area contributed by atoms with Gasteiger partial charge >= 0.3 is 0 Å². The topological polar surface area (TPSA) is 88.4 Å². The average Bonchev–Trinajstić information content (AvgIpc) is 3.11. The third-order valence-electron chi connectivity index (χ3n) is 3.91. The molecule has 0 saturated heterocycles. The zero-order chi connectivity index (χ0) is 18.2. The van der Waals surface area contributed by atoms with Gasteiger partial charge in [-0.2, -0.15) is 0 Å². The third-order valence-corrected chi connectivity index (χ3v) is 5.73. The van der Waals surface area contributed by atoms with Gasteiger partial charge in [0.1, 0.15) is 10.7 Å². The van der Waals surface area contributed by atoms with Crippen molar-refractivity contribution in [2.45, 2.75) is 43.5 Å². The molecule has 1 amide bonds. The van der Waals surface area contributed by atoms with Gasteiger partial charge < -0.3 is 9.73 Å². The van der Waals surface area contributed by atoms with Crippen molar-refractivity contribution in [3.8, 4) is 0 Å². The Hall–Kier alpha value is -2.12. The lowest BCUT2D eigenvalue weighted by Crippen LogP contribution is -2.40. The maximum Gasteiger partial charge on any atom is 0.243 e. The van der Waals surface area contributed by atoms with Crippen molar-refractivity contribution in [1.82, 2.24) is 4.72 Å². The van der Waals surface area contributed by atoms with Crippen LogP contribution in [-0.4, -0.2) is 19.9 Å². The number of carbonyl (C=O) groups excluding carboxylic acids is 1. The molecule has 0 spiro atoms. The van der Waals surface area contributed by atoms with Gasteiger partial charge in [-0.15, -0.1) is 0 Å². The van der Waals surface area contributed by atoms with Crippen LogP contribution in [0.3, 0.4) is 0 Å². The molecule has 0 aliphatic heterocycles. The molecular formula is C18H22N2O4S. The van der Waals surface area contributed by atoms with Crippen molar-refractivity contribution in [3.63, 3.8) is 0 Å². The quantitative estimate of drug-likeness (QED) is 0.855. The number of para-hydroxylation sites is 1. The molecule has 2 atom stereocenters. The van der Waals surface area contributed by atoms with Crippen LogP contribution in [0, 0.1) is 5.92 Å². The summed E-state index contributed by atoms with van der Waals surface area (Å²) in [5, 5.41) is 2.76. The highest BCUT2D eigenvalue weighted by molar-refractivity contribution is 7.89. The van der Waals surface area contributed by atoms with Crippen LogP contribution in [-0.2, 0) is 14.8 Å². The van der Waals surface area contributed by atoms with E-state index in [0.717, 1.165) is 5.76 Å². The summed E-state index contributed by atoms with van der Waals surface area (Å²) in [6.45, 7) is 5.30. The molecule has 6 nitrogen and oxygen atoms in total. The maximum atomic E-state index is 12.6. The highest BCUT2D eigenvalue weighted by atomic mass is 32.2. The average molecular weight is 362 g/mol. The molecule has 1 aliphatic carbocycles. The largest absolute Gasteiger partial charge is 0.469 e. The lowest BCUT2D eigenvalue weighted by atomic mass is 10.1. The maximum absolute atomic E-state index is 12.6. The van der Waals surface area contributed by atoms with Crippen LogP contribution in [0.4, 0.5) is 5.69 Å². The Morgan fingerprint density at radius 2 is 1.88 bits per heavy atom. The minimum absolute atomic E-state index is 0.0615. The Bertz CT molecular complexity index is 867. The van der Waals surface area contributed by atoms with E-state index in [1.165, 1.54) is 6.07 Å². The van der Waals surface area contributed by atoms with E-state index in [-0.39, 0.29) is 28.3 Å². The van der Waals surface area contributed by atoms with Crippen molar-refractivity contribution < 1.29 is 17.6 Å². The standard InChI is InChI=1S/C18H22N2O4S/c1-18(2,3)20-25(22,23)16-9-5-4-7-14(16)19-17(21)13-11-12(13)15-8-6-10-24-15/h4-10,12-13,20H,11H2,1-3H3,(H,19,21). The highest BCUT2D eigenvalue weighted by Crippen LogP contribution is 2.48. The van der Waals surface area contributed by atoms with E-state index in [9.17, 15) is 13.2 Å². The molecule has 1 aromatic heterocycles. The fourth-order valence-electron chi connectivity index (χ4n) is 2.79. The SMILES string of the molecule is CC(C)(C)NS(=O)(=O)c1ccccc1NC(=O)C1CC1c1ccco1. The second kappa shape index (κ2) is 6.31. The first-order valence-electron chi connectivity index (χ1n) is 8.15. The Morgan fingerprint density at radius 1 is 1.16 bits per heavy atom. The number of benzene rings is 1. The van der Waals surface area contributed by atoms with Crippen LogP contribution < -0.4 is 10.0 Å². The molecule has 1 aromatic carbocycles. The first kappa shape index (κ1) is 17.7. The molecule has 7 heteroatoms. The first-order valence-corrected chi connectivity index (χ1v) is 9.63. The van der Waals surface area contributed by atoms with Crippen LogP contribution in [0.2, 0.25) is 0 Å². The molecule has 25 heavy (non-hydrogen) atoms. The molecule has 2 unspecified atom stereocenters. The van der Waals surface area contributed by atoms with Crippen LogP contribution in [0.25, 0.3) is 0 Å². The zero-order valence-electron chi connectivity index (χ0n) is 14.4. The van der Waals surface area contributed by atoms with Crippen molar-refractivity contribution in [2.24, 2.45) is 5.92 Å². The lowest BCUT2D eigenvalue weighted by molar-refractivity contribution is -0.117. The molecule has 3 rings (SSSR count). The van der Waals surface area contributed by atoms with E-state index >= 15 is 0 Å². The van der Waals surface area contributed by atoms with Crippen LogP contribution in [0.1, 0.15) is 38.9 Å². The van der Waals surface area contributed by atoms with Gasteiger partial charge in [0.05, 0.1) is 12.0 Å². The van der Waals surface area contributed by atoms with Gasteiger partial charge in [0, 0.05) is 17.4 Å². The van der Waals surface area contributed by atoms with Gasteiger partial charge in [0.25, 0.3) is 0 Å². The van der Waals surface area contributed by atoms with Gasteiger partial charge in [-0.3, -0.25) is 4.79 Å². The Labute approximate surface area is 147 Å². The first-order chi connectivity index (χ1) is 11.7. The minimum Gasteiger partial charge on any atom is -0.469 e. The van der Waals surface area contributed by atoms with E-state index in [2.05, 4.69) is 10.0 Å². The van der Waals surface area contributed by atoms with E-state index in [1.807, 2.05) is 6.07 Å². The molecular weight excluding hydrogens is 340 g/mol. The van der Waals surface area contributed by atoms with Gasteiger partial charge in [-0.1, -0.05) is 12.1 Å². The Morgan fingerprint density at radius 3 is 2.52 bits per heavy atom. The Balaban J connectivity index is 1.77. The van der Waals surface area contributed by atoms with E-state index in [0.29, 0.717) is 6.42 Å². The number of rotatable bonds is 5.